The number of nitro benzene ring substituents is 1. The molecule has 2 rings (SSSR count). The summed E-state index contributed by atoms with van der Waals surface area (Å²) in [5.74, 6) is -0.355. The lowest BCUT2D eigenvalue weighted by atomic mass is 10.2. The zero-order chi connectivity index (χ0) is 15.4. The molecule has 0 atom stereocenters. The first-order valence-corrected chi connectivity index (χ1v) is 6.96. The summed E-state index contributed by atoms with van der Waals surface area (Å²) in [6, 6.07) is 8.87. The summed E-state index contributed by atoms with van der Waals surface area (Å²) in [6.07, 6.45) is 0. The zero-order valence-electron chi connectivity index (χ0n) is 10.6. The van der Waals surface area contributed by atoms with Crippen LogP contribution in [0, 0.1) is 10.1 Å². The van der Waals surface area contributed by atoms with Crippen LogP contribution in [0.3, 0.4) is 0 Å². The molecule has 0 saturated heterocycles. The van der Waals surface area contributed by atoms with Crippen molar-refractivity contribution in [2.75, 3.05) is 5.01 Å². The van der Waals surface area contributed by atoms with Crippen LogP contribution in [-0.2, 0) is 0 Å². The molecule has 108 valence electrons. The van der Waals surface area contributed by atoms with Crippen LogP contribution in [0.4, 0.5) is 11.4 Å². The van der Waals surface area contributed by atoms with Gasteiger partial charge >= 0.3 is 0 Å². The Hall–Kier alpha value is -2.52. The van der Waals surface area contributed by atoms with Gasteiger partial charge in [-0.1, -0.05) is 6.07 Å². The molecule has 1 heterocycles. The molecule has 0 saturated carbocycles. The number of hydrazine groups is 1. The molecule has 0 aliphatic heterocycles. The largest absolute Gasteiger partial charge is 0.375 e. The Morgan fingerprint density at radius 1 is 1.33 bits per heavy atom. The predicted molar refractivity (Wildman–Crippen MR) is 84.1 cm³/mol. The molecule has 1 aromatic carbocycles. The van der Waals surface area contributed by atoms with E-state index in [0.29, 0.717) is 10.6 Å². The Morgan fingerprint density at radius 2 is 2.00 bits per heavy atom. The molecule has 0 radical (unpaired) electrons. The van der Waals surface area contributed by atoms with Crippen LogP contribution in [-0.4, -0.2) is 15.9 Å². The number of amides is 1. The van der Waals surface area contributed by atoms with Gasteiger partial charge in [-0.15, -0.1) is 11.3 Å². The molecule has 0 spiro atoms. The molecule has 0 bridgehead atoms. The predicted octanol–water partition coefficient (Wildman–Crippen LogP) is 2.05. The van der Waals surface area contributed by atoms with Gasteiger partial charge in [-0.05, 0) is 35.8 Å². The maximum atomic E-state index is 12.4. The molecule has 1 amide bonds. The van der Waals surface area contributed by atoms with E-state index in [9.17, 15) is 14.9 Å². The minimum atomic E-state index is -0.518. The number of nitrogens with zero attached hydrogens (tertiary/aromatic N) is 2. The monoisotopic (exact) mass is 322 g/mol. The SMILES string of the molecule is NC(=S)NN(C(=O)c1cccs1)c1ccc([N+](=O)[O-])cc1. The number of anilines is 1. The third-order valence-electron chi connectivity index (χ3n) is 2.48. The number of non-ortho nitro benzene ring substituents is 1. The van der Waals surface area contributed by atoms with Crippen LogP contribution in [0.25, 0.3) is 0 Å². The van der Waals surface area contributed by atoms with Gasteiger partial charge in [0.2, 0.25) is 0 Å². The molecule has 0 aliphatic carbocycles. The Labute approximate surface area is 129 Å². The number of thiocarbonyl (C=S) groups is 1. The van der Waals surface area contributed by atoms with Gasteiger partial charge in [-0.2, -0.15) is 0 Å². The first kappa shape index (κ1) is 14.9. The molecule has 0 fully saturated rings. The highest BCUT2D eigenvalue weighted by atomic mass is 32.1. The Kier molecular flexibility index (Phi) is 4.45. The van der Waals surface area contributed by atoms with E-state index in [4.69, 9.17) is 18.0 Å². The molecule has 7 nitrogen and oxygen atoms in total. The van der Waals surface area contributed by atoms with Crippen molar-refractivity contribution in [3.05, 3.63) is 56.8 Å². The molecule has 0 unspecified atom stereocenters. The number of hydrogen-bond acceptors (Lipinski definition) is 5. The first-order chi connectivity index (χ1) is 9.99. The van der Waals surface area contributed by atoms with Crippen LogP contribution < -0.4 is 16.2 Å². The average molecular weight is 322 g/mol. The molecule has 1 aromatic heterocycles. The van der Waals surface area contributed by atoms with Crippen LogP contribution in [0.1, 0.15) is 9.67 Å². The summed E-state index contributed by atoms with van der Waals surface area (Å²) in [5, 5.41) is 13.5. The fraction of sp³-hybridized carbons (Fsp3) is 0. The molecule has 9 heteroatoms. The fourth-order valence-corrected chi connectivity index (χ4v) is 2.32. The number of carbonyl (C=O) groups excluding carboxylic acids is 1. The Balaban J connectivity index is 2.33. The highest BCUT2D eigenvalue weighted by molar-refractivity contribution is 7.80. The molecular weight excluding hydrogens is 312 g/mol. The highest BCUT2D eigenvalue weighted by Gasteiger charge is 2.20. The fourth-order valence-electron chi connectivity index (χ4n) is 1.58. The van der Waals surface area contributed by atoms with Crippen molar-refractivity contribution >= 4 is 45.9 Å². The normalized spacial score (nSPS) is 9.90. The number of nitro groups is 1. The van der Waals surface area contributed by atoms with E-state index in [0.717, 1.165) is 5.01 Å². The number of benzene rings is 1. The average Bonchev–Trinajstić information content (AvgIpc) is 2.98. The third kappa shape index (κ3) is 3.52. The maximum Gasteiger partial charge on any atom is 0.287 e. The van der Waals surface area contributed by atoms with E-state index in [-0.39, 0.29) is 16.7 Å². The standard InChI is InChI=1S/C12H10N4O3S2/c13-12(20)14-15(11(17)10-2-1-7-21-10)8-3-5-9(6-4-8)16(18)19/h1-7H,(H3,13,14,20). The maximum absolute atomic E-state index is 12.4. The Morgan fingerprint density at radius 3 is 2.48 bits per heavy atom. The molecule has 21 heavy (non-hydrogen) atoms. The van der Waals surface area contributed by atoms with Crippen molar-refractivity contribution in [2.24, 2.45) is 5.73 Å². The van der Waals surface area contributed by atoms with Crippen molar-refractivity contribution in [3.8, 4) is 0 Å². The zero-order valence-corrected chi connectivity index (χ0v) is 12.2. The molecule has 0 aliphatic rings. The van der Waals surface area contributed by atoms with E-state index in [2.05, 4.69) is 5.43 Å². The summed E-state index contributed by atoms with van der Waals surface area (Å²) >= 11 is 6.02. The van der Waals surface area contributed by atoms with Gasteiger partial charge < -0.3 is 5.73 Å². The minimum Gasteiger partial charge on any atom is -0.375 e. The lowest BCUT2D eigenvalue weighted by Crippen LogP contribution is -2.48. The second-order valence-electron chi connectivity index (χ2n) is 3.87. The van der Waals surface area contributed by atoms with Gasteiger partial charge in [0.1, 0.15) is 0 Å². The van der Waals surface area contributed by atoms with Crippen molar-refractivity contribution in [1.29, 1.82) is 0 Å². The number of rotatable bonds is 3. The van der Waals surface area contributed by atoms with Crippen molar-refractivity contribution in [3.63, 3.8) is 0 Å². The van der Waals surface area contributed by atoms with Gasteiger partial charge in [0, 0.05) is 12.1 Å². The molecule has 3 N–H and O–H groups in total. The van der Waals surface area contributed by atoms with E-state index in [1.54, 1.807) is 17.5 Å². The third-order valence-corrected chi connectivity index (χ3v) is 3.42. The van der Waals surface area contributed by atoms with E-state index < -0.39 is 4.92 Å². The summed E-state index contributed by atoms with van der Waals surface area (Å²) in [5.41, 5.74) is 8.31. The number of nitrogens with one attached hydrogen (secondary N) is 1. The number of thiophene rings is 1. The van der Waals surface area contributed by atoms with E-state index in [1.807, 2.05) is 0 Å². The molecular formula is C12H10N4O3S2. The summed E-state index contributed by atoms with van der Waals surface area (Å²) < 4.78 is 0. The number of nitrogens with two attached hydrogens (primary N) is 1. The first-order valence-electron chi connectivity index (χ1n) is 5.67. The van der Waals surface area contributed by atoms with Crippen LogP contribution in [0.2, 0.25) is 0 Å². The van der Waals surface area contributed by atoms with Gasteiger partial charge in [-0.25, -0.2) is 5.01 Å². The van der Waals surface area contributed by atoms with Crippen molar-refractivity contribution in [2.45, 2.75) is 0 Å². The number of hydrogen-bond donors (Lipinski definition) is 2. The van der Waals surface area contributed by atoms with Gasteiger partial charge in [0.25, 0.3) is 11.6 Å². The van der Waals surface area contributed by atoms with E-state index in [1.165, 1.54) is 35.6 Å². The van der Waals surface area contributed by atoms with Crippen LogP contribution >= 0.6 is 23.6 Å². The van der Waals surface area contributed by atoms with Crippen LogP contribution in [0.5, 0.6) is 0 Å². The van der Waals surface area contributed by atoms with Crippen LogP contribution in [0.15, 0.2) is 41.8 Å². The topological polar surface area (TPSA) is 102 Å². The van der Waals surface area contributed by atoms with Gasteiger partial charge in [0.05, 0.1) is 15.5 Å². The highest BCUT2D eigenvalue weighted by Crippen LogP contribution is 2.21. The molecule has 2 aromatic rings. The summed E-state index contributed by atoms with van der Waals surface area (Å²) in [6.45, 7) is 0. The summed E-state index contributed by atoms with van der Waals surface area (Å²) in [4.78, 5) is 23.0. The lowest BCUT2D eigenvalue weighted by Gasteiger charge is -2.22. The quantitative estimate of drug-likeness (QED) is 0.509. The smallest absolute Gasteiger partial charge is 0.287 e. The van der Waals surface area contributed by atoms with Gasteiger partial charge in [-0.3, -0.25) is 20.3 Å². The van der Waals surface area contributed by atoms with Crippen molar-refractivity contribution < 1.29 is 9.72 Å². The Bertz CT molecular complexity index is 670. The summed E-state index contributed by atoms with van der Waals surface area (Å²) in [7, 11) is 0. The second kappa shape index (κ2) is 6.29. The lowest BCUT2D eigenvalue weighted by molar-refractivity contribution is -0.384. The van der Waals surface area contributed by atoms with Gasteiger partial charge in [0.15, 0.2) is 5.11 Å². The number of carbonyl (C=O) groups is 1. The minimum absolute atomic E-state index is 0.0717. The van der Waals surface area contributed by atoms with Crippen molar-refractivity contribution in [1.82, 2.24) is 5.43 Å². The second-order valence-corrected chi connectivity index (χ2v) is 5.25. The van der Waals surface area contributed by atoms with E-state index >= 15 is 0 Å².